The van der Waals surface area contributed by atoms with Crippen LogP contribution in [0.5, 0.6) is 5.75 Å². The zero-order valence-corrected chi connectivity index (χ0v) is 18.7. The summed E-state index contributed by atoms with van der Waals surface area (Å²) >= 11 is 0. The van der Waals surface area contributed by atoms with Crippen molar-refractivity contribution in [2.24, 2.45) is 0 Å². The van der Waals surface area contributed by atoms with Gasteiger partial charge in [0.1, 0.15) is 5.75 Å². The number of rotatable bonds is 7. The minimum atomic E-state index is -3.57. The number of morpholine rings is 1. The highest BCUT2D eigenvalue weighted by molar-refractivity contribution is 7.89. The minimum absolute atomic E-state index is 0.191. The number of carbonyl (C=O) groups excluding carboxylic acids is 1. The molecule has 0 unspecified atom stereocenters. The Hall–Kier alpha value is -2.94. The second-order valence-electron chi connectivity index (χ2n) is 7.52. The van der Waals surface area contributed by atoms with Gasteiger partial charge < -0.3 is 14.8 Å². The predicted molar refractivity (Wildman–Crippen MR) is 123 cm³/mol. The third kappa shape index (κ3) is 4.77. The first-order valence-corrected chi connectivity index (χ1v) is 12.1. The van der Waals surface area contributed by atoms with Gasteiger partial charge in [-0.2, -0.15) is 4.31 Å². The van der Waals surface area contributed by atoms with Crippen LogP contribution in [0.15, 0.2) is 71.6 Å². The third-order valence-corrected chi connectivity index (χ3v) is 7.32. The first kappa shape index (κ1) is 22.3. The van der Waals surface area contributed by atoms with Crippen LogP contribution in [0.25, 0.3) is 10.8 Å². The quantitative estimate of drug-likeness (QED) is 0.589. The highest BCUT2D eigenvalue weighted by atomic mass is 32.2. The van der Waals surface area contributed by atoms with Crippen LogP contribution in [0.2, 0.25) is 0 Å². The molecule has 1 heterocycles. The Bertz CT molecular complexity index is 1180. The van der Waals surface area contributed by atoms with Crippen LogP contribution < -0.4 is 10.1 Å². The minimum Gasteiger partial charge on any atom is -0.480 e. The highest BCUT2D eigenvalue weighted by Crippen LogP contribution is 2.27. The number of hydrogen-bond acceptors (Lipinski definition) is 5. The van der Waals surface area contributed by atoms with Crippen molar-refractivity contribution in [3.63, 3.8) is 0 Å². The fourth-order valence-electron chi connectivity index (χ4n) is 3.64. The highest BCUT2D eigenvalue weighted by Gasteiger charge is 2.26. The Kier molecular flexibility index (Phi) is 6.74. The molecule has 0 aromatic heterocycles. The van der Waals surface area contributed by atoms with Gasteiger partial charge in [0.25, 0.3) is 5.91 Å². The van der Waals surface area contributed by atoms with E-state index in [0.29, 0.717) is 44.2 Å². The maximum Gasteiger partial charge on any atom is 0.265 e. The summed E-state index contributed by atoms with van der Waals surface area (Å²) in [6.45, 7) is 3.34. The summed E-state index contributed by atoms with van der Waals surface area (Å²) in [4.78, 5) is 13.0. The van der Waals surface area contributed by atoms with Gasteiger partial charge in [-0.3, -0.25) is 4.79 Å². The van der Waals surface area contributed by atoms with E-state index >= 15 is 0 Å². The molecule has 4 rings (SSSR count). The van der Waals surface area contributed by atoms with E-state index in [-0.39, 0.29) is 10.8 Å². The predicted octanol–water partition coefficient (Wildman–Crippen LogP) is 3.66. The SMILES string of the molecule is CC[C@H](Oc1cccc2ccccc12)C(=O)Nc1ccc(S(=O)(=O)N2CCOCC2)cc1. The van der Waals surface area contributed by atoms with Gasteiger partial charge in [0.05, 0.1) is 18.1 Å². The molecular formula is C24H26N2O5S. The molecule has 32 heavy (non-hydrogen) atoms. The van der Waals surface area contributed by atoms with Gasteiger partial charge in [0, 0.05) is 24.2 Å². The number of fused-ring (bicyclic) bond motifs is 1. The van der Waals surface area contributed by atoms with Crippen LogP contribution in [-0.2, 0) is 19.6 Å². The first-order chi connectivity index (χ1) is 15.5. The van der Waals surface area contributed by atoms with Crippen molar-refractivity contribution >= 4 is 32.4 Å². The number of nitrogens with one attached hydrogen (secondary N) is 1. The largest absolute Gasteiger partial charge is 0.480 e. The van der Waals surface area contributed by atoms with E-state index in [1.54, 1.807) is 12.1 Å². The maximum atomic E-state index is 12.8. The lowest BCUT2D eigenvalue weighted by molar-refractivity contribution is -0.122. The molecule has 1 amide bonds. The van der Waals surface area contributed by atoms with E-state index in [2.05, 4.69) is 5.32 Å². The number of amides is 1. The molecule has 1 N–H and O–H groups in total. The van der Waals surface area contributed by atoms with Crippen molar-refractivity contribution in [1.82, 2.24) is 4.31 Å². The molecule has 0 bridgehead atoms. The monoisotopic (exact) mass is 454 g/mol. The number of anilines is 1. The van der Waals surface area contributed by atoms with E-state index < -0.39 is 16.1 Å². The van der Waals surface area contributed by atoms with Crippen molar-refractivity contribution in [2.45, 2.75) is 24.3 Å². The van der Waals surface area contributed by atoms with Gasteiger partial charge >= 0.3 is 0 Å². The van der Waals surface area contributed by atoms with Gasteiger partial charge in [-0.25, -0.2) is 8.42 Å². The summed E-state index contributed by atoms with van der Waals surface area (Å²) in [6, 6.07) is 19.8. The molecule has 0 saturated carbocycles. The molecule has 0 spiro atoms. The molecule has 1 atom stereocenters. The third-order valence-electron chi connectivity index (χ3n) is 5.41. The molecule has 1 fully saturated rings. The first-order valence-electron chi connectivity index (χ1n) is 10.6. The van der Waals surface area contributed by atoms with Crippen molar-refractivity contribution in [1.29, 1.82) is 0 Å². The van der Waals surface area contributed by atoms with E-state index in [9.17, 15) is 13.2 Å². The van der Waals surface area contributed by atoms with Crippen molar-refractivity contribution in [3.8, 4) is 5.75 Å². The van der Waals surface area contributed by atoms with Crippen LogP contribution in [0.3, 0.4) is 0 Å². The molecule has 168 valence electrons. The Labute approximate surface area is 188 Å². The van der Waals surface area contributed by atoms with Gasteiger partial charge in [0.2, 0.25) is 10.0 Å². The van der Waals surface area contributed by atoms with Crippen molar-refractivity contribution < 1.29 is 22.7 Å². The fourth-order valence-corrected chi connectivity index (χ4v) is 5.05. The molecule has 1 aliphatic heterocycles. The fraction of sp³-hybridized carbons (Fsp3) is 0.292. The van der Waals surface area contributed by atoms with Crippen LogP contribution in [-0.4, -0.2) is 51.0 Å². The number of hydrogen-bond donors (Lipinski definition) is 1. The summed E-state index contributed by atoms with van der Waals surface area (Å²) in [5.41, 5.74) is 0.510. The molecule has 7 nitrogen and oxygen atoms in total. The van der Waals surface area contributed by atoms with E-state index in [1.165, 1.54) is 16.4 Å². The van der Waals surface area contributed by atoms with Gasteiger partial charge in [-0.05, 0) is 42.1 Å². The number of nitrogens with zero attached hydrogens (tertiary/aromatic N) is 1. The normalized spacial score (nSPS) is 15.9. The van der Waals surface area contributed by atoms with E-state index in [4.69, 9.17) is 9.47 Å². The summed E-state index contributed by atoms with van der Waals surface area (Å²) < 4.78 is 38.2. The van der Waals surface area contributed by atoms with Gasteiger partial charge in [-0.1, -0.05) is 43.3 Å². The zero-order chi connectivity index (χ0) is 22.6. The summed E-state index contributed by atoms with van der Waals surface area (Å²) in [6.07, 6.45) is -0.198. The van der Waals surface area contributed by atoms with Crippen molar-refractivity contribution in [3.05, 3.63) is 66.7 Å². The Morgan fingerprint density at radius 1 is 1.03 bits per heavy atom. The Morgan fingerprint density at radius 2 is 1.72 bits per heavy atom. The average Bonchev–Trinajstić information content (AvgIpc) is 2.83. The number of benzene rings is 3. The van der Waals surface area contributed by atoms with Gasteiger partial charge in [-0.15, -0.1) is 0 Å². The summed E-state index contributed by atoms with van der Waals surface area (Å²) in [5.74, 6) is 0.362. The molecule has 8 heteroatoms. The van der Waals surface area contributed by atoms with Crippen LogP contribution in [0.1, 0.15) is 13.3 Å². The lowest BCUT2D eigenvalue weighted by Gasteiger charge is -2.26. The topological polar surface area (TPSA) is 84.9 Å². The second-order valence-corrected chi connectivity index (χ2v) is 9.46. The molecule has 3 aromatic rings. The van der Waals surface area contributed by atoms with Crippen LogP contribution >= 0.6 is 0 Å². The van der Waals surface area contributed by atoms with Crippen LogP contribution in [0.4, 0.5) is 5.69 Å². The summed E-state index contributed by atoms with van der Waals surface area (Å²) in [7, 11) is -3.57. The van der Waals surface area contributed by atoms with Crippen molar-refractivity contribution in [2.75, 3.05) is 31.6 Å². The maximum absolute atomic E-state index is 12.8. The number of carbonyl (C=O) groups is 1. The zero-order valence-electron chi connectivity index (χ0n) is 17.9. The number of ether oxygens (including phenoxy) is 2. The molecule has 1 aliphatic rings. The molecule has 1 saturated heterocycles. The molecular weight excluding hydrogens is 428 g/mol. The molecule has 3 aromatic carbocycles. The summed E-state index contributed by atoms with van der Waals surface area (Å²) in [5, 5.41) is 4.81. The number of sulfonamides is 1. The lowest BCUT2D eigenvalue weighted by Crippen LogP contribution is -2.40. The van der Waals surface area contributed by atoms with Gasteiger partial charge in [0.15, 0.2) is 6.10 Å². The Balaban J connectivity index is 1.45. The average molecular weight is 455 g/mol. The molecule has 0 radical (unpaired) electrons. The van der Waals surface area contributed by atoms with Crippen LogP contribution in [0, 0.1) is 0 Å². The second kappa shape index (κ2) is 9.68. The smallest absolute Gasteiger partial charge is 0.265 e. The lowest BCUT2D eigenvalue weighted by atomic mass is 10.1. The van der Waals surface area contributed by atoms with E-state index in [0.717, 1.165) is 10.8 Å². The van der Waals surface area contributed by atoms with E-state index in [1.807, 2.05) is 49.4 Å². The Morgan fingerprint density at radius 3 is 2.44 bits per heavy atom. The molecule has 0 aliphatic carbocycles. The standard InChI is InChI=1S/C24H26N2O5S/c1-2-22(31-23-9-5-7-18-6-3-4-8-21(18)23)24(27)25-19-10-12-20(13-11-19)32(28,29)26-14-16-30-17-15-26/h3-13,22H,2,14-17H2,1H3,(H,25,27)/t22-/m0/s1.